The summed E-state index contributed by atoms with van der Waals surface area (Å²) in [6.45, 7) is 0. The zero-order chi connectivity index (χ0) is 11.1. The van der Waals surface area contributed by atoms with Gasteiger partial charge >= 0.3 is 0 Å². The highest BCUT2D eigenvalue weighted by molar-refractivity contribution is 7.15. The van der Waals surface area contributed by atoms with Crippen molar-refractivity contribution in [1.29, 1.82) is 0 Å². The van der Waals surface area contributed by atoms with Crippen LogP contribution in [0.1, 0.15) is 0 Å². The van der Waals surface area contributed by atoms with Gasteiger partial charge in [0.25, 0.3) is 0 Å². The highest BCUT2D eigenvalue weighted by atomic mass is 32.1. The molecule has 80 valence electrons. The fraction of sp³-hybridized carbons (Fsp3) is 0. The molecule has 0 aliphatic carbocycles. The van der Waals surface area contributed by atoms with E-state index in [0.717, 1.165) is 17.1 Å². The quantitative estimate of drug-likeness (QED) is 0.633. The van der Waals surface area contributed by atoms with Gasteiger partial charge in [0.05, 0.1) is 5.69 Å². The van der Waals surface area contributed by atoms with Crippen LogP contribution in [-0.4, -0.2) is 9.38 Å². The lowest BCUT2D eigenvalue weighted by Crippen LogP contribution is -1.85. The topological polar surface area (TPSA) is 17.3 Å². The van der Waals surface area contributed by atoms with Crippen molar-refractivity contribution in [3.63, 3.8) is 0 Å². The smallest absolute Gasteiger partial charge is 0.194 e. The average molecular weight is 236 g/mol. The third-order valence-electron chi connectivity index (χ3n) is 2.31. The number of thiazole rings is 1. The monoisotopic (exact) mass is 236 g/mol. The van der Waals surface area contributed by atoms with Crippen molar-refractivity contribution in [2.75, 3.05) is 0 Å². The summed E-state index contributed by atoms with van der Waals surface area (Å²) in [5.41, 5.74) is 1.22. The predicted molar refractivity (Wildman–Crippen MR) is 58.4 cm³/mol. The molecule has 0 spiro atoms. The summed E-state index contributed by atoms with van der Waals surface area (Å²) in [4.78, 5) is 5.14. The largest absolute Gasteiger partial charge is 0.297 e. The normalized spacial score (nSPS) is 11.1. The van der Waals surface area contributed by atoms with E-state index in [9.17, 15) is 8.78 Å². The molecule has 3 aromatic rings. The number of hydrogen-bond acceptors (Lipinski definition) is 2. The van der Waals surface area contributed by atoms with Crippen LogP contribution in [-0.2, 0) is 0 Å². The molecule has 1 aromatic carbocycles. The van der Waals surface area contributed by atoms with Crippen LogP contribution >= 0.6 is 11.3 Å². The van der Waals surface area contributed by atoms with Gasteiger partial charge in [0.1, 0.15) is 0 Å². The van der Waals surface area contributed by atoms with E-state index in [1.54, 1.807) is 6.20 Å². The minimum atomic E-state index is -0.853. The van der Waals surface area contributed by atoms with Crippen LogP contribution in [0.5, 0.6) is 0 Å². The van der Waals surface area contributed by atoms with Crippen LogP contribution < -0.4 is 0 Å². The van der Waals surface area contributed by atoms with E-state index in [2.05, 4.69) is 4.98 Å². The highest BCUT2D eigenvalue weighted by Crippen LogP contribution is 2.22. The van der Waals surface area contributed by atoms with Crippen LogP contribution in [0.15, 0.2) is 36.0 Å². The summed E-state index contributed by atoms with van der Waals surface area (Å²) < 4.78 is 27.6. The average Bonchev–Trinajstić information content (AvgIpc) is 2.81. The summed E-state index contributed by atoms with van der Waals surface area (Å²) in [7, 11) is 0. The Hall–Kier alpha value is -1.75. The van der Waals surface area contributed by atoms with E-state index >= 15 is 0 Å². The molecule has 0 saturated heterocycles. The third-order valence-corrected chi connectivity index (χ3v) is 3.08. The zero-order valence-corrected chi connectivity index (χ0v) is 8.84. The number of hydrogen-bond donors (Lipinski definition) is 0. The van der Waals surface area contributed by atoms with Gasteiger partial charge in [-0.2, -0.15) is 0 Å². The number of halogens is 2. The second-order valence-corrected chi connectivity index (χ2v) is 4.22. The standard InChI is InChI=1S/C11H6F2N2S/c12-8-2-1-7(5-9(8)13)10-6-15-3-4-16-11(15)14-10/h1-6H. The van der Waals surface area contributed by atoms with Crippen molar-refractivity contribution in [3.8, 4) is 11.3 Å². The molecule has 5 heteroatoms. The Morgan fingerprint density at radius 1 is 1.19 bits per heavy atom. The van der Waals surface area contributed by atoms with Crippen molar-refractivity contribution < 1.29 is 8.78 Å². The number of benzene rings is 1. The molecule has 0 fully saturated rings. The Bertz CT molecular complexity index is 628. The van der Waals surface area contributed by atoms with Gasteiger partial charge in [0, 0.05) is 23.3 Å². The van der Waals surface area contributed by atoms with E-state index in [1.807, 2.05) is 16.0 Å². The molecule has 0 saturated carbocycles. The Morgan fingerprint density at radius 2 is 2.06 bits per heavy atom. The van der Waals surface area contributed by atoms with Gasteiger partial charge in [0.2, 0.25) is 0 Å². The Balaban J connectivity index is 2.15. The van der Waals surface area contributed by atoms with Crippen LogP contribution in [0.4, 0.5) is 8.78 Å². The van der Waals surface area contributed by atoms with Crippen LogP contribution in [0.25, 0.3) is 16.2 Å². The van der Waals surface area contributed by atoms with Gasteiger partial charge in [-0.3, -0.25) is 4.40 Å². The maximum absolute atomic E-state index is 13.0. The molecule has 0 atom stereocenters. The van der Waals surface area contributed by atoms with Crippen molar-refractivity contribution in [2.45, 2.75) is 0 Å². The van der Waals surface area contributed by atoms with Gasteiger partial charge < -0.3 is 0 Å². The number of fused-ring (bicyclic) bond motifs is 1. The number of imidazole rings is 1. The first kappa shape index (κ1) is 9.47. The summed E-state index contributed by atoms with van der Waals surface area (Å²) in [6, 6.07) is 3.78. The summed E-state index contributed by atoms with van der Waals surface area (Å²) >= 11 is 1.49. The Morgan fingerprint density at radius 3 is 2.81 bits per heavy atom. The summed E-state index contributed by atoms with van der Waals surface area (Å²) in [6.07, 6.45) is 3.66. The molecule has 2 aromatic heterocycles. The van der Waals surface area contributed by atoms with E-state index in [1.165, 1.54) is 17.4 Å². The molecule has 0 aliphatic rings. The first-order valence-corrected chi connectivity index (χ1v) is 5.49. The fourth-order valence-electron chi connectivity index (χ4n) is 1.52. The Labute approximate surface area is 93.8 Å². The molecular formula is C11H6F2N2S. The van der Waals surface area contributed by atoms with Crippen molar-refractivity contribution in [2.24, 2.45) is 0 Å². The molecular weight excluding hydrogens is 230 g/mol. The van der Waals surface area contributed by atoms with Gasteiger partial charge in [-0.05, 0) is 18.2 Å². The highest BCUT2D eigenvalue weighted by Gasteiger charge is 2.08. The van der Waals surface area contributed by atoms with E-state index in [4.69, 9.17) is 0 Å². The second-order valence-electron chi connectivity index (χ2n) is 3.35. The fourth-order valence-corrected chi connectivity index (χ4v) is 2.22. The molecule has 0 unspecified atom stereocenters. The molecule has 0 bridgehead atoms. The maximum Gasteiger partial charge on any atom is 0.194 e. The Kier molecular flexibility index (Phi) is 2.00. The molecule has 0 N–H and O–H groups in total. The van der Waals surface area contributed by atoms with E-state index in [0.29, 0.717) is 11.3 Å². The third kappa shape index (κ3) is 1.40. The first-order valence-electron chi connectivity index (χ1n) is 4.62. The summed E-state index contributed by atoms with van der Waals surface area (Å²) in [5, 5.41) is 1.91. The minimum Gasteiger partial charge on any atom is -0.297 e. The lowest BCUT2D eigenvalue weighted by molar-refractivity contribution is 0.509. The van der Waals surface area contributed by atoms with Crippen LogP contribution in [0.3, 0.4) is 0 Å². The van der Waals surface area contributed by atoms with Crippen LogP contribution in [0, 0.1) is 11.6 Å². The SMILES string of the molecule is Fc1ccc(-c2cn3ccsc3n2)cc1F. The van der Waals surface area contributed by atoms with Crippen molar-refractivity contribution in [3.05, 3.63) is 47.6 Å². The lowest BCUT2D eigenvalue weighted by Gasteiger charge is -1.97. The number of rotatable bonds is 1. The molecule has 0 radical (unpaired) electrons. The van der Waals surface area contributed by atoms with Gasteiger partial charge in [-0.15, -0.1) is 11.3 Å². The van der Waals surface area contributed by atoms with Gasteiger partial charge in [0.15, 0.2) is 16.6 Å². The molecule has 3 rings (SSSR count). The van der Waals surface area contributed by atoms with Crippen molar-refractivity contribution >= 4 is 16.3 Å². The second kappa shape index (κ2) is 3.38. The van der Waals surface area contributed by atoms with E-state index in [-0.39, 0.29) is 0 Å². The first-order chi connectivity index (χ1) is 7.74. The van der Waals surface area contributed by atoms with Crippen molar-refractivity contribution in [1.82, 2.24) is 9.38 Å². The lowest BCUT2D eigenvalue weighted by atomic mass is 10.1. The molecule has 2 nitrogen and oxygen atoms in total. The van der Waals surface area contributed by atoms with E-state index < -0.39 is 11.6 Å². The van der Waals surface area contributed by atoms with Crippen LogP contribution in [0.2, 0.25) is 0 Å². The number of aromatic nitrogens is 2. The molecule has 2 heterocycles. The molecule has 16 heavy (non-hydrogen) atoms. The minimum absolute atomic E-state index is 0.579. The van der Waals surface area contributed by atoms with Gasteiger partial charge in [-0.1, -0.05) is 0 Å². The molecule has 0 amide bonds. The summed E-state index contributed by atoms with van der Waals surface area (Å²) in [5.74, 6) is -1.70. The van der Waals surface area contributed by atoms with Gasteiger partial charge in [-0.25, -0.2) is 13.8 Å². The molecule has 0 aliphatic heterocycles. The number of nitrogens with zero attached hydrogens (tertiary/aromatic N) is 2. The predicted octanol–water partition coefficient (Wildman–Crippen LogP) is 3.34. The zero-order valence-electron chi connectivity index (χ0n) is 8.02. The maximum atomic E-state index is 13.0.